The van der Waals surface area contributed by atoms with Crippen molar-refractivity contribution in [2.45, 2.75) is 16.5 Å². The van der Waals surface area contributed by atoms with Crippen LogP contribution in [-0.2, 0) is 4.79 Å². The molecule has 0 bridgehead atoms. The van der Waals surface area contributed by atoms with E-state index in [9.17, 15) is 4.79 Å². The number of carbonyl (C=O) groups excluding carboxylic acids is 1. The molecule has 5 nitrogen and oxygen atoms in total. The summed E-state index contributed by atoms with van der Waals surface area (Å²) in [6.07, 6.45) is 0. The quantitative estimate of drug-likeness (QED) is 0.474. The molecular formula is C18H17N3O2S3. The minimum absolute atomic E-state index is 0.119. The summed E-state index contributed by atoms with van der Waals surface area (Å²) in [5.74, 6) is 0.508. The molecule has 1 aromatic heterocycles. The zero-order valence-electron chi connectivity index (χ0n) is 14.2. The highest BCUT2D eigenvalue weighted by atomic mass is 32.2. The van der Waals surface area contributed by atoms with Gasteiger partial charge in [0, 0.05) is 0 Å². The van der Waals surface area contributed by atoms with E-state index in [0.717, 1.165) is 10.0 Å². The monoisotopic (exact) mass is 403 g/mol. The van der Waals surface area contributed by atoms with Crippen molar-refractivity contribution >= 4 is 46.9 Å². The van der Waals surface area contributed by atoms with Crippen molar-refractivity contribution in [3.05, 3.63) is 58.6 Å². The van der Waals surface area contributed by atoms with Gasteiger partial charge >= 0.3 is 0 Å². The number of carbonyl (C=O) groups is 1. The van der Waals surface area contributed by atoms with Crippen molar-refractivity contribution in [1.29, 1.82) is 0 Å². The molecule has 0 aliphatic heterocycles. The number of nitrogens with one attached hydrogen (secondary N) is 1. The van der Waals surface area contributed by atoms with Gasteiger partial charge in [-0.15, -0.1) is 5.10 Å². The largest absolute Gasteiger partial charge is 0.495 e. The molecular weight excluding hydrogens is 386 g/mol. The maximum absolute atomic E-state index is 12.5. The molecule has 0 spiro atoms. The second-order valence-corrected chi connectivity index (χ2v) is 8.54. The van der Waals surface area contributed by atoms with Gasteiger partial charge in [-0.2, -0.15) is 0 Å². The van der Waals surface area contributed by atoms with E-state index in [1.165, 1.54) is 23.1 Å². The number of hydrogen-bond donors (Lipinski definition) is 1. The summed E-state index contributed by atoms with van der Waals surface area (Å²) in [5, 5.41) is 7.10. The van der Waals surface area contributed by atoms with E-state index in [2.05, 4.69) is 10.4 Å². The van der Waals surface area contributed by atoms with Crippen molar-refractivity contribution in [2.75, 3.05) is 12.4 Å². The van der Waals surface area contributed by atoms with Crippen LogP contribution >= 0.6 is 35.3 Å². The Bertz CT molecular complexity index is 954. The highest BCUT2D eigenvalue weighted by Crippen LogP contribution is 2.29. The standard InChI is InChI=1S/C18H17N3O2S3/c1-12(16(22)19-14-10-6-7-11-15(14)23-2)25-17-20-21(18(24)26-17)13-8-4-3-5-9-13/h3-12H,1-2H3,(H,19,22). The molecule has 8 heteroatoms. The lowest BCUT2D eigenvalue weighted by Gasteiger charge is -2.12. The zero-order valence-corrected chi connectivity index (χ0v) is 16.7. The molecule has 1 unspecified atom stereocenters. The van der Waals surface area contributed by atoms with E-state index < -0.39 is 0 Å². The third-order valence-electron chi connectivity index (χ3n) is 3.54. The van der Waals surface area contributed by atoms with E-state index >= 15 is 0 Å². The van der Waals surface area contributed by atoms with Crippen LogP contribution in [0.25, 0.3) is 5.69 Å². The van der Waals surface area contributed by atoms with Crippen LogP contribution < -0.4 is 10.1 Å². The summed E-state index contributed by atoms with van der Waals surface area (Å²) < 4.78 is 8.38. The molecule has 1 N–H and O–H groups in total. The molecule has 1 amide bonds. The van der Waals surface area contributed by atoms with Crippen LogP contribution in [0.1, 0.15) is 6.92 Å². The van der Waals surface area contributed by atoms with Gasteiger partial charge in [0.25, 0.3) is 0 Å². The van der Waals surface area contributed by atoms with E-state index in [4.69, 9.17) is 17.0 Å². The lowest BCUT2D eigenvalue weighted by Crippen LogP contribution is -2.22. The third kappa shape index (κ3) is 4.32. The van der Waals surface area contributed by atoms with Crippen LogP contribution in [0.15, 0.2) is 58.9 Å². The van der Waals surface area contributed by atoms with Gasteiger partial charge in [0.1, 0.15) is 5.75 Å². The molecule has 0 aliphatic carbocycles. The first kappa shape index (κ1) is 18.6. The van der Waals surface area contributed by atoms with Crippen LogP contribution in [0.5, 0.6) is 5.75 Å². The van der Waals surface area contributed by atoms with E-state index in [0.29, 0.717) is 15.4 Å². The Morgan fingerprint density at radius 3 is 2.65 bits per heavy atom. The van der Waals surface area contributed by atoms with Gasteiger partial charge in [-0.1, -0.05) is 53.4 Å². The molecule has 3 rings (SSSR count). The van der Waals surface area contributed by atoms with Gasteiger partial charge in [-0.05, 0) is 43.4 Å². The summed E-state index contributed by atoms with van der Waals surface area (Å²) in [5.41, 5.74) is 1.56. The average Bonchev–Trinajstić information content (AvgIpc) is 3.03. The number of nitrogens with zero attached hydrogens (tertiary/aromatic N) is 2. The number of amides is 1. The van der Waals surface area contributed by atoms with Gasteiger partial charge in [-0.3, -0.25) is 4.79 Å². The van der Waals surface area contributed by atoms with Crippen molar-refractivity contribution in [3.8, 4) is 11.4 Å². The van der Waals surface area contributed by atoms with Crippen LogP contribution in [-0.4, -0.2) is 28.0 Å². The Labute approximate surface area is 165 Å². The predicted octanol–water partition coefficient (Wildman–Crippen LogP) is 4.79. The van der Waals surface area contributed by atoms with Gasteiger partial charge in [0.2, 0.25) is 5.91 Å². The molecule has 1 heterocycles. The average molecular weight is 404 g/mol. The third-order valence-corrected chi connectivity index (χ3v) is 5.96. The summed E-state index contributed by atoms with van der Waals surface area (Å²) >= 11 is 8.17. The maximum atomic E-state index is 12.5. The first-order valence-electron chi connectivity index (χ1n) is 7.84. The number of anilines is 1. The van der Waals surface area contributed by atoms with Gasteiger partial charge in [0.15, 0.2) is 8.29 Å². The number of hydrogen-bond acceptors (Lipinski definition) is 6. The fourth-order valence-corrected chi connectivity index (χ4v) is 4.73. The minimum atomic E-state index is -0.329. The molecule has 0 saturated carbocycles. The molecule has 134 valence electrons. The van der Waals surface area contributed by atoms with Crippen LogP contribution in [0.4, 0.5) is 5.69 Å². The van der Waals surface area contributed by atoms with Crippen LogP contribution in [0, 0.1) is 3.95 Å². The van der Waals surface area contributed by atoms with Crippen LogP contribution in [0.3, 0.4) is 0 Å². The number of methoxy groups -OCH3 is 1. The topological polar surface area (TPSA) is 56.1 Å². The fraction of sp³-hybridized carbons (Fsp3) is 0.167. The summed E-state index contributed by atoms with van der Waals surface area (Å²) in [4.78, 5) is 12.5. The van der Waals surface area contributed by atoms with E-state index in [1.54, 1.807) is 17.9 Å². The molecule has 1 atom stereocenters. The first-order chi connectivity index (χ1) is 12.6. The number of thioether (sulfide) groups is 1. The normalized spacial score (nSPS) is 11.8. The molecule has 3 aromatic rings. The SMILES string of the molecule is COc1ccccc1NC(=O)C(C)Sc1nn(-c2ccccc2)c(=S)s1. The van der Waals surface area contributed by atoms with Gasteiger partial charge in [0.05, 0.1) is 23.7 Å². The van der Waals surface area contributed by atoms with Crippen molar-refractivity contribution in [2.24, 2.45) is 0 Å². The minimum Gasteiger partial charge on any atom is -0.495 e. The number of ether oxygens (including phenoxy) is 1. The molecule has 0 radical (unpaired) electrons. The lowest BCUT2D eigenvalue weighted by atomic mass is 10.3. The zero-order chi connectivity index (χ0) is 18.5. The summed E-state index contributed by atoms with van der Waals surface area (Å²) in [6.45, 7) is 1.84. The Morgan fingerprint density at radius 1 is 1.23 bits per heavy atom. The molecule has 0 aliphatic rings. The molecule has 2 aromatic carbocycles. The first-order valence-corrected chi connectivity index (χ1v) is 9.95. The lowest BCUT2D eigenvalue weighted by molar-refractivity contribution is -0.115. The highest BCUT2D eigenvalue weighted by molar-refractivity contribution is 8.02. The number of rotatable bonds is 6. The van der Waals surface area contributed by atoms with Crippen molar-refractivity contribution in [3.63, 3.8) is 0 Å². The Balaban J connectivity index is 1.71. The van der Waals surface area contributed by atoms with Crippen molar-refractivity contribution < 1.29 is 9.53 Å². The summed E-state index contributed by atoms with van der Waals surface area (Å²) in [7, 11) is 1.58. The fourth-order valence-electron chi connectivity index (χ4n) is 2.23. The molecule has 26 heavy (non-hydrogen) atoms. The predicted molar refractivity (Wildman–Crippen MR) is 109 cm³/mol. The Morgan fingerprint density at radius 2 is 1.92 bits per heavy atom. The van der Waals surface area contributed by atoms with Gasteiger partial charge in [-0.25, -0.2) is 4.68 Å². The second-order valence-electron chi connectivity index (χ2n) is 5.33. The van der Waals surface area contributed by atoms with Crippen LogP contribution in [0.2, 0.25) is 0 Å². The highest BCUT2D eigenvalue weighted by Gasteiger charge is 2.18. The Hall–Kier alpha value is -2.16. The number of para-hydroxylation sites is 3. The van der Waals surface area contributed by atoms with E-state index in [-0.39, 0.29) is 11.2 Å². The molecule has 0 fully saturated rings. The van der Waals surface area contributed by atoms with Crippen molar-refractivity contribution in [1.82, 2.24) is 9.78 Å². The van der Waals surface area contributed by atoms with Gasteiger partial charge < -0.3 is 10.1 Å². The smallest absolute Gasteiger partial charge is 0.237 e. The number of benzene rings is 2. The maximum Gasteiger partial charge on any atom is 0.237 e. The van der Waals surface area contributed by atoms with E-state index in [1.807, 2.05) is 55.5 Å². The number of aromatic nitrogens is 2. The molecule has 0 saturated heterocycles. The summed E-state index contributed by atoms with van der Waals surface area (Å²) in [6, 6.07) is 17.0. The Kier molecular flexibility index (Phi) is 6.08. The second kappa shape index (κ2) is 8.48.